The van der Waals surface area contributed by atoms with Crippen molar-refractivity contribution in [2.24, 2.45) is 0 Å². The molecule has 0 spiro atoms. The first-order chi connectivity index (χ1) is 11.9. The van der Waals surface area contributed by atoms with Gasteiger partial charge >= 0.3 is 0 Å². The van der Waals surface area contributed by atoms with Crippen LogP contribution in [0.15, 0.2) is 48.7 Å². The highest BCUT2D eigenvalue weighted by molar-refractivity contribution is 7.17. The number of hydrogen-bond donors (Lipinski definition) is 1. The molecule has 4 nitrogen and oxygen atoms in total. The summed E-state index contributed by atoms with van der Waals surface area (Å²) in [5.74, 6) is -0.131. The van der Waals surface area contributed by atoms with Gasteiger partial charge in [0.05, 0.1) is 11.4 Å². The highest BCUT2D eigenvalue weighted by atomic mass is 32.1. The average Bonchev–Trinajstić information content (AvgIpc) is 2.97. The third-order valence-corrected chi connectivity index (χ3v) is 5.05. The summed E-state index contributed by atoms with van der Waals surface area (Å²) in [6, 6.07) is 13.6. The van der Waals surface area contributed by atoms with Crippen molar-refractivity contribution in [2.75, 3.05) is 5.32 Å². The van der Waals surface area contributed by atoms with Crippen LogP contribution in [0, 0.1) is 6.92 Å². The van der Waals surface area contributed by atoms with Gasteiger partial charge in [0.2, 0.25) is 0 Å². The Morgan fingerprint density at radius 2 is 1.80 bits per heavy atom. The molecule has 0 aliphatic rings. The Morgan fingerprint density at radius 3 is 2.48 bits per heavy atom. The van der Waals surface area contributed by atoms with Gasteiger partial charge in [-0.25, -0.2) is 4.98 Å². The summed E-state index contributed by atoms with van der Waals surface area (Å²) in [7, 11) is 0. The van der Waals surface area contributed by atoms with Crippen molar-refractivity contribution < 1.29 is 4.79 Å². The Kier molecular flexibility index (Phi) is 4.68. The van der Waals surface area contributed by atoms with E-state index < -0.39 is 0 Å². The fourth-order valence-electron chi connectivity index (χ4n) is 2.63. The monoisotopic (exact) mass is 351 g/mol. The summed E-state index contributed by atoms with van der Waals surface area (Å²) in [5, 5.41) is 3.81. The number of thiazole rings is 1. The number of nitrogens with zero attached hydrogens (tertiary/aromatic N) is 2. The molecule has 5 heteroatoms. The summed E-state index contributed by atoms with van der Waals surface area (Å²) in [4.78, 5) is 22.2. The maximum Gasteiger partial charge on any atom is 0.267 e. The predicted octanol–water partition coefficient (Wildman–Crippen LogP) is 5.06. The van der Waals surface area contributed by atoms with E-state index in [0.29, 0.717) is 4.88 Å². The SMILES string of the molecule is Cc1nc(-c2ccccn2)sc1C(=O)Nc1ccccc1C(C)(C)C. The molecule has 1 aromatic carbocycles. The highest BCUT2D eigenvalue weighted by Gasteiger charge is 2.21. The number of para-hydroxylation sites is 1. The van der Waals surface area contributed by atoms with Crippen LogP contribution in [0.4, 0.5) is 5.69 Å². The lowest BCUT2D eigenvalue weighted by Gasteiger charge is -2.22. The molecule has 128 valence electrons. The van der Waals surface area contributed by atoms with Crippen molar-refractivity contribution in [2.45, 2.75) is 33.1 Å². The molecule has 3 rings (SSSR count). The molecule has 0 bridgehead atoms. The van der Waals surface area contributed by atoms with Crippen LogP contribution in [-0.2, 0) is 5.41 Å². The Balaban J connectivity index is 1.90. The second kappa shape index (κ2) is 6.76. The number of rotatable bonds is 3. The number of benzene rings is 1. The van der Waals surface area contributed by atoms with Crippen molar-refractivity contribution in [1.82, 2.24) is 9.97 Å². The summed E-state index contributed by atoms with van der Waals surface area (Å²) in [6.45, 7) is 8.26. The first kappa shape index (κ1) is 17.3. The van der Waals surface area contributed by atoms with Gasteiger partial charge in [0, 0.05) is 11.9 Å². The summed E-state index contributed by atoms with van der Waals surface area (Å²) in [5.41, 5.74) is 3.40. The number of hydrogen-bond acceptors (Lipinski definition) is 4. The second-order valence-corrected chi connectivity index (χ2v) is 7.90. The van der Waals surface area contributed by atoms with Crippen molar-refractivity contribution in [3.8, 4) is 10.7 Å². The molecule has 0 atom stereocenters. The molecule has 3 aromatic rings. The number of anilines is 1. The lowest BCUT2D eigenvalue weighted by Crippen LogP contribution is -2.18. The minimum atomic E-state index is -0.131. The molecule has 0 radical (unpaired) electrons. The van der Waals surface area contributed by atoms with Crippen LogP contribution < -0.4 is 5.32 Å². The molecule has 0 fully saturated rings. The van der Waals surface area contributed by atoms with Crippen LogP contribution in [0.1, 0.15) is 41.7 Å². The number of carbonyl (C=O) groups is 1. The first-order valence-electron chi connectivity index (χ1n) is 8.16. The molecule has 0 unspecified atom stereocenters. The van der Waals surface area contributed by atoms with Gasteiger partial charge in [-0.3, -0.25) is 9.78 Å². The van der Waals surface area contributed by atoms with Crippen LogP contribution in [0.2, 0.25) is 0 Å². The molecule has 0 aliphatic heterocycles. The van der Waals surface area contributed by atoms with Gasteiger partial charge in [-0.1, -0.05) is 45.0 Å². The molecule has 1 N–H and O–H groups in total. The fraction of sp³-hybridized carbons (Fsp3) is 0.250. The van der Waals surface area contributed by atoms with Gasteiger partial charge in [-0.15, -0.1) is 11.3 Å². The largest absolute Gasteiger partial charge is 0.321 e. The van der Waals surface area contributed by atoms with E-state index in [2.05, 4.69) is 42.1 Å². The van der Waals surface area contributed by atoms with Crippen molar-refractivity contribution in [1.29, 1.82) is 0 Å². The van der Waals surface area contributed by atoms with Gasteiger partial charge in [0.1, 0.15) is 9.88 Å². The van der Waals surface area contributed by atoms with Crippen molar-refractivity contribution in [3.63, 3.8) is 0 Å². The van der Waals surface area contributed by atoms with Crippen LogP contribution >= 0.6 is 11.3 Å². The minimum absolute atomic E-state index is 0.0499. The third kappa shape index (κ3) is 3.77. The van der Waals surface area contributed by atoms with Crippen LogP contribution in [0.25, 0.3) is 10.7 Å². The zero-order valence-electron chi connectivity index (χ0n) is 14.8. The minimum Gasteiger partial charge on any atom is -0.321 e. The summed E-state index contributed by atoms with van der Waals surface area (Å²) < 4.78 is 0. The number of pyridine rings is 1. The maximum atomic E-state index is 12.8. The Morgan fingerprint density at radius 1 is 1.08 bits per heavy atom. The van der Waals surface area contributed by atoms with Gasteiger partial charge in [0.25, 0.3) is 5.91 Å². The van der Waals surface area contributed by atoms with Gasteiger partial charge in [-0.2, -0.15) is 0 Å². The van der Waals surface area contributed by atoms with Crippen molar-refractivity contribution >= 4 is 22.9 Å². The lowest BCUT2D eigenvalue weighted by molar-refractivity contribution is 0.102. The van der Waals surface area contributed by atoms with E-state index in [1.54, 1.807) is 6.20 Å². The van der Waals surface area contributed by atoms with Crippen LogP contribution in [-0.4, -0.2) is 15.9 Å². The van der Waals surface area contributed by atoms with E-state index in [-0.39, 0.29) is 11.3 Å². The molecule has 25 heavy (non-hydrogen) atoms. The van der Waals surface area contributed by atoms with E-state index >= 15 is 0 Å². The first-order valence-corrected chi connectivity index (χ1v) is 8.97. The summed E-state index contributed by atoms with van der Waals surface area (Å²) in [6.07, 6.45) is 1.73. The number of amides is 1. The second-order valence-electron chi connectivity index (χ2n) is 6.90. The van der Waals surface area contributed by atoms with Crippen molar-refractivity contribution in [3.05, 3.63) is 64.8 Å². The Labute approximate surface area is 152 Å². The van der Waals surface area contributed by atoms with Crippen LogP contribution in [0.5, 0.6) is 0 Å². The van der Waals surface area contributed by atoms with E-state index in [1.165, 1.54) is 11.3 Å². The molecule has 0 saturated carbocycles. The van der Waals surface area contributed by atoms with E-state index in [0.717, 1.165) is 27.6 Å². The van der Waals surface area contributed by atoms with E-state index in [9.17, 15) is 4.79 Å². The maximum absolute atomic E-state index is 12.8. The lowest BCUT2D eigenvalue weighted by atomic mass is 9.86. The number of aryl methyl sites for hydroxylation is 1. The smallest absolute Gasteiger partial charge is 0.267 e. The number of aromatic nitrogens is 2. The molecular formula is C20H21N3OS. The highest BCUT2D eigenvalue weighted by Crippen LogP contribution is 2.31. The van der Waals surface area contributed by atoms with Gasteiger partial charge < -0.3 is 5.32 Å². The standard InChI is InChI=1S/C20H21N3OS/c1-13-17(25-19(22-13)16-11-7-8-12-21-16)18(24)23-15-10-6-5-9-14(15)20(2,3)4/h5-12H,1-4H3,(H,23,24). The molecule has 1 amide bonds. The molecule has 2 aromatic heterocycles. The third-order valence-electron chi connectivity index (χ3n) is 3.87. The predicted molar refractivity (Wildman–Crippen MR) is 103 cm³/mol. The Hall–Kier alpha value is -2.53. The molecular weight excluding hydrogens is 330 g/mol. The molecule has 0 aliphatic carbocycles. The van der Waals surface area contributed by atoms with E-state index in [1.807, 2.05) is 43.3 Å². The number of nitrogens with one attached hydrogen (secondary N) is 1. The Bertz CT molecular complexity index is 895. The average molecular weight is 351 g/mol. The summed E-state index contributed by atoms with van der Waals surface area (Å²) >= 11 is 1.37. The van der Waals surface area contributed by atoms with Crippen LogP contribution in [0.3, 0.4) is 0 Å². The zero-order valence-corrected chi connectivity index (χ0v) is 15.6. The van der Waals surface area contributed by atoms with E-state index in [4.69, 9.17) is 0 Å². The quantitative estimate of drug-likeness (QED) is 0.717. The van der Waals surface area contributed by atoms with Gasteiger partial charge in [-0.05, 0) is 36.1 Å². The molecule has 0 saturated heterocycles. The topological polar surface area (TPSA) is 54.9 Å². The zero-order chi connectivity index (χ0) is 18.0. The normalized spacial score (nSPS) is 11.4. The molecule has 2 heterocycles. The number of carbonyl (C=O) groups excluding carboxylic acids is 1. The fourth-order valence-corrected chi connectivity index (χ4v) is 3.57. The van der Waals surface area contributed by atoms with Gasteiger partial charge in [0.15, 0.2) is 0 Å².